The Labute approximate surface area is 477 Å². The van der Waals surface area contributed by atoms with Gasteiger partial charge in [-0.1, -0.05) is 0 Å². The van der Waals surface area contributed by atoms with Crippen molar-refractivity contribution in [3.8, 4) is 68.9 Å². The number of hydrogen-bond donors (Lipinski definition) is 19. The number of carbonyl (C=O) groups excluding carboxylic acids is 6. The normalized spacial score (nSPS) is 19.6. The molecule has 86 heavy (non-hydrogen) atoms. The van der Waals surface area contributed by atoms with E-state index in [1.54, 1.807) is 0 Å². The highest BCUT2D eigenvalue weighted by Gasteiger charge is 2.71. The van der Waals surface area contributed by atoms with Crippen LogP contribution in [0.5, 0.6) is 57.5 Å². The number of hydrogen-bond acceptors (Lipinski definition) is 28. The molecule has 2 aromatic heterocycles. The summed E-state index contributed by atoms with van der Waals surface area (Å²) in [6.45, 7) is -4.20. The molecule has 36 heteroatoms. The molecule has 6 heterocycles. The summed E-state index contributed by atoms with van der Waals surface area (Å²) in [5.74, 6) is -37.7. The van der Waals surface area contributed by atoms with E-state index in [0.717, 1.165) is 33.9 Å². The van der Waals surface area contributed by atoms with Crippen LogP contribution in [0.1, 0.15) is 59.5 Å². The van der Waals surface area contributed by atoms with Gasteiger partial charge >= 0.3 is 5.79 Å². The third-order valence-electron chi connectivity index (χ3n) is 14.9. The molecule has 4 aromatic carbocycles. The fraction of sp³-hybridized carbons (Fsp3) is 0.280. The maximum Gasteiger partial charge on any atom is 0.306 e. The van der Waals surface area contributed by atoms with Gasteiger partial charge in [-0.2, -0.15) is 10.2 Å². The smallest absolute Gasteiger partial charge is 0.306 e. The van der Waals surface area contributed by atoms with Crippen molar-refractivity contribution >= 4 is 58.2 Å². The first-order valence-corrected chi connectivity index (χ1v) is 24.8. The number of aromatic nitrogens is 4. The minimum absolute atomic E-state index is 0.00753. The maximum absolute atomic E-state index is 14.3. The summed E-state index contributed by atoms with van der Waals surface area (Å²) in [5.41, 5.74) is 6.66. The summed E-state index contributed by atoms with van der Waals surface area (Å²) in [6, 6.07) is 9.57. The van der Waals surface area contributed by atoms with Crippen LogP contribution in [0.25, 0.3) is 11.4 Å². The number of carbonyl (C=O) groups is 6. The Hall–Kier alpha value is -10.3. The Morgan fingerprint density at radius 3 is 1.31 bits per heavy atom. The number of aliphatic hydroxyl groups is 9. The van der Waals surface area contributed by atoms with Crippen LogP contribution in [-0.2, 0) is 27.2 Å². The molecule has 21 N–H and O–H groups in total. The highest BCUT2D eigenvalue weighted by atomic mass is 16.8. The quantitative estimate of drug-likeness (QED) is 0.0292. The number of methoxy groups -OCH3 is 1. The predicted octanol–water partition coefficient (Wildman–Crippen LogP) is -5.14. The Morgan fingerprint density at radius 2 is 0.919 bits per heavy atom. The number of fused-ring (bicyclic) bond motifs is 2. The lowest BCUT2D eigenvalue weighted by atomic mass is 9.89. The molecule has 4 aliphatic rings. The molecule has 2 fully saturated rings. The van der Waals surface area contributed by atoms with E-state index in [4.69, 9.17) is 25.7 Å². The number of ether oxygens (including phenoxy) is 3. The van der Waals surface area contributed by atoms with E-state index in [9.17, 15) is 116 Å². The zero-order valence-corrected chi connectivity index (χ0v) is 43.8. The third-order valence-corrected chi connectivity index (χ3v) is 14.9. The van der Waals surface area contributed by atoms with Gasteiger partial charge in [0.1, 0.15) is 11.4 Å². The molecule has 0 radical (unpaired) electrons. The van der Waals surface area contributed by atoms with E-state index in [0.29, 0.717) is 14.3 Å². The van der Waals surface area contributed by atoms with Crippen molar-refractivity contribution in [2.45, 2.75) is 48.2 Å². The van der Waals surface area contributed by atoms with Crippen LogP contribution in [0.15, 0.2) is 48.5 Å². The van der Waals surface area contributed by atoms with Crippen LogP contribution >= 0.6 is 0 Å². The van der Waals surface area contributed by atoms with Gasteiger partial charge < -0.3 is 132 Å². The van der Waals surface area contributed by atoms with Crippen molar-refractivity contribution < 1.29 is 130 Å². The van der Waals surface area contributed by atoms with E-state index in [2.05, 4.69) is 10.2 Å². The second-order valence-corrected chi connectivity index (χ2v) is 19.9. The van der Waals surface area contributed by atoms with Gasteiger partial charge in [-0.05, 0) is 61.4 Å². The fourth-order valence-corrected chi connectivity index (χ4v) is 10.3. The van der Waals surface area contributed by atoms with Crippen molar-refractivity contribution in [3.05, 3.63) is 82.4 Å². The predicted molar refractivity (Wildman–Crippen MR) is 277 cm³/mol. The molecule has 2 saturated heterocycles. The van der Waals surface area contributed by atoms with Crippen molar-refractivity contribution in [2.24, 2.45) is 11.5 Å². The van der Waals surface area contributed by atoms with Gasteiger partial charge in [-0.3, -0.25) is 28.8 Å². The van der Waals surface area contributed by atoms with Gasteiger partial charge in [0.05, 0.1) is 26.6 Å². The van der Waals surface area contributed by atoms with E-state index in [1.807, 2.05) is 0 Å². The summed E-state index contributed by atoms with van der Waals surface area (Å²) in [4.78, 5) is 83.3. The van der Waals surface area contributed by atoms with Crippen molar-refractivity contribution in [2.75, 3.05) is 59.7 Å². The third kappa shape index (κ3) is 8.62. The van der Waals surface area contributed by atoms with Crippen molar-refractivity contribution in [1.82, 2.24) is 19.6 Å². The molecule has 0 spiro atoms. The number of nitrogens with two attached hydrogens (primary N) is 2. The van der Waals surface area contributed by atoms with Crippen molar-refractivity contribution in [3.63, 3.8) is 0 Å². The minimum atomic E-state index is -4.14. The number of piperidine rings is 2. The van der Waals surface area contributed by atoms with Crippen molar-refractivity contribution in [1.29, 1.82) is 0 Å². The number of nitrogens with zero attached hydrogens (tertiary/aromatic N) is 8. The molecule has 0 aliphatic carbocycles. The minimum Gasteiger partial charge on any atom is -0.503 e. The Morgan fingerprint density at radius 1 is 0.535 bits per heavy atom. The number of phenolic OH excluding ortho intramolecular Hbond substituents is 8. The summed E-state index contributed by atoms with van der Waals surface area (Å²) >= 11 is 0. The topological polar surface area (TPSA) is 575 Å². The van der Waals surface area contributed by atoms with Crippen LogP contribution in [0.3, 0.4) is 0 Å². The average Bonchev–Trinajstić information content (AvgIpc) is 1.18. The van der Waals surface area contributed by atoms with E-state index >= 15 is 0 Å². The lowest BCUT2D eigenvalue weighted by Crippen LogP contribution is -2.80. The monoisotopic (exact) mass is 1200 g/mol. The van der Waals surface area contributed by atoms with Gasteiger partial charge in [-0.15, -0.1) is 0 Å². The lowest BCUT2D eigenvalue weighted by Gasteiger charge is -2.49. The number of benzene rings is 4. The van der Waals surface area contributed by atoms with E-state index in [-0.39, 0.29) is 59.8 Å². The fourth-order valence-electron chi connectivity index (χ4n) is 10.3. The average molecular weight is 1200 g/mol. The molecule has 6 aromatic rings. The Bertz CT molecular complexity index is 3860. The van der Waals surface area contributed by atoms with Crippen LogP contribution in [0.2, 0.25) is 0 Å². The number of β-amino-alcohol motifs (C(OH)–C–C–N with tert-alkyl or cyclic N) is 3. The second-order valence-electron chi connectivity index (χ2n) is 19.9. The number of primary amides is 2. The van der Waals surface area contributed by atoms with Gasteiger partial charge in [0.25, 0.3) is 35.3 Å². The molecule has 10 rings (SSSR count). The summed E-state index contributed by atoms with van der Waals surface area (Å²) in [6.07, 6.45) is -1.61. The van der Waals surface area contributed by atoms with Crippen LogP contribution < -0.4 is 40.5 Å². The van der Waals surface area contributed by atoms with Gasteiger partial charge in [0.15, 0.2) is 52.6 Å². The van der Waals surface area contributed by atoms with E-state index < -0.39 is 182 Å². The zero-order valence-electron chi connectivity index (χ0n) is 43.8. The number of anilines is 4. The highest BCUT2D eigenvalue weighted by molar-refractivity contribution is 6.11. The molecule has 0 saturated carbocycles. The van der Waals surface area contributed by atoms with Gasteiger partial charge in [0.2, 0.25) is 57.8 Å². The molecular formula is C50H48N10O26. The van der Waals surface area contributed by atoms with E-state index in [1.165, 1.54) is 36.4 Å². The second kappa shape index (κ2) is 19.9. The number of rotatable bonds is 13. The SMILES string of the molecule is COc1c(O)c(O)c(-n2nc(C(N)=O)c3c2C(=O)N(c2ccc(N4CC(O)(OCOc5c(O)c(O)c(-n6nc(C(N)=O)c7c6C(=O)N(c6ccc(N8CC(O)(O)C(O)(O)C(O)(O)C8=O)cc6)CC7)c(O)c5O)C(O)(O)CC4=O)cc2)CC3)c(O)c1O. The molecule has 454 valence electrons. The first-order valence-electron chi connectivity index (χ1n) is 24.8. The molecule has 0 bridgehead atoms. The molecule has 1 atom stereocenters. The molecular weight excluding hydrogens is 1160 g/mol. The Balaban J connectivity index is 0.871. The Kier molecular flexibility index (Phi) is 13.7. The number of aromatic hydroxyl groups is 8. The number of phenols is 8. The molecule has 6 amide bonds. The molecule has 4 aliphatic heterocycles. The lowest BCUT2D eigenvalue weighted by molar-refractivity contribution is -0.440. The largest absolute Gasteiger partial charge is 0.503 e. The van der Waals surface area contributed by atoms with Gasteiger partial charge in [0, 0.05) is 47.0 Å². The number of amides is 6. The summed E-state index contributed by atoms with van der Waals surface area (Å²) in [5, 5.41) is 190. The van der Waals surface area contributed by atoms with Crippen LogP contribution in [0.4, 0.5) is 22.7 Å². The zero-order chi connectivity index (χ0) is 63.0. The maximum atomic E-state index is 14.3. The van der Waals surface area contributed by atoms with Gasteiger partial charge in [-0.25, -0.2) is 9.36 Å². The highest BCUT2D eigenvalue weighted by Crippen LogP contribution is 2.55. The molecule has 36 nitrogen and oxygen atoms in total. The molecule has 1 unspecified atom stereocenters. The first-order chi connectivity index (χ1) is 40.1. The van der Waals surface area contributed by atoms with Crippen LogP contribution in [0, 0.1) is 0 Å². The van der Waals surface area contributed by atoms with Crippen LogP contribution in [-0.4, -0.2) is 211 Å². The summed E-state index contributed by atoms with van der Waals surface area (Å²) in [7, 11) is 1.00. The standard InChI is InChI=1S/C50H48N10O26/c1-84-39-35(66)31(62)29(32(63)36(39)67)59-27-22(25(53-59)41(51)70)10-12-55(43(27)72)18-2-6-20(7-3-18)57-16-48(79,46(75,76)14-24(57)61)86-17-85-40-37(68)33(64)30(34(65)38(40)69)60-28-23(26(54-60)42(52)71)11-13-56(44(28)73)19-4-8-21(9-5-19)58-15-47(77,78)50(82,83)49(80,81)45(58)74/h2-9,62-69,75-83H,10-17H2,1H3,(H2,51,70)(H2,52,71). The first kappa shape index (κ1) is 58.9. The summed E-state index contributed by atoms with van der Waals surface area (Å²) < 4.78 is 16.4.